The van der Waals surface area contributed by atoms with Gasteiger partial charge >= 0.3 is 12.1 Å². The van der Waals surface area contributed by atoms with E-state index in [1.54, 1.807) is 6.92 Å². The van der Waals surface area contributed by atoms with Crippen molar-refractivity contribution in [1.82, 2.24) is 9.88 Å². The maximum Gasteiger partial charge on any atom is 0.417 e. The van der Waals surface area contributed by atoms with Crippen molar-refractivity contribution in [1.29, 1.82) is 0 Å². The first-order valence-electron chi connectivity index (χ1n) is 7.25. The van der Waals surface area contributed by atoms with Crippen molar-refractivity contribution in [2.24, 2.45) is 5.92 Å². The molecular weight excluding hydrogens is 329 g/mol. The third-order valence-electron chi connectivity index (χ3n) is 3.61. The van der Waals surface area contributed by atoms with E-state index in [0.29, 0.717) is 23.3 Å². The van der Waals surface area contributed by atoms with Gasteiger partial charge in [0.05, 0.1) is 12.7 Å². The molecule has 0 aliphatic carbocycles. The molecule has 0 fully saturated rings. The number of hydrogen-bond donors (Lipinski definition) is 1. The van der Waals surface area contributed by atoms with E-state index in [1.807, 2.05) is 6.92 Å². The molecule has 0 saturated heterocycles. The van der Waals surface area contributed by atoms with Crippen LogP contribution in [0.15, 0.2) is 23.1 Å². The van der Waals surface area contributed by atoms with Crippen molar-refractivity contribution in [2.75, 3.05) is 7.11 Å². The van der Waals surface area contributed by atoms with Crippen LogP contribution < -0.4 is 10.9 Å². The van der Waals surface area contributed by atoms with Crippen molar-refractivity contribution in [3.8, 4) is 0 Å². The number of rotatable bonds is 6. The first-order valence-corrected chi connectivity index (χ1v) is 7.25. The van der Waals surface area contributed by atoms with E-state index in [4.69, 9.17) is 0 Å². The molecule has 0 radical (unpaired) electrons. The van der Waals surface area contributed by atoms with Crippen LogP contribution in [-0.2, 0) is 27.0 Å². The van der Waals surface area contributed by atoms with E-state index in [2.05, 4.69) is 10.1 Å². The largest absolute Gasteiger partial charge is 0.467 e. The Labute approximate surface area is 136 Å². The highest BCUT2D eigenvalue weighted by Gasteiger charge is 2.31. The summed E-state index contributed by atoms with van der Waals surface area (Å²) in [7, 11) is 1.17. The SMILES string of the molecule is CC[C@H](C)[C@@H](NC(=O)Cn1cc(C(F)(F)F)ccc1=O)C(=O)OC. The molecule has 0 aliphatic heterocycles. The molecule has 1 rings (SSSR count). The van der Waals surface area contributed by atoms with Crippen molar-refractivity contribution in [2.45, 2.75) is 39.0 Å². The Morgan fingerprint density at radius 2 is 1.96 bits per heavy atom. The number of hydrogen-bond acceptors (Lipinski definition) is 4. The van der Waals surface area contributed by atoms with Crippen molar-refractivity contribution >= 4 is 11.9 Å². The zero-order valence-electron chi connectivity index (χ0n) is 13.5. The highest BCUT2D eigenvalue weighted by atomic mass is 19.4. The van der Waals surface area contributed by atoms with Crippen LogP contribution in [0.25, 0.3) is 0 Å². The number of nitrogens with one attached hydrogen (secondary N) is 1. The number of amides is 1. The highest BCUT2D eigenvalue weighted by Crippen LogP contribution is 2.27. The van der Waals surface area contributed by atoms with Gasteiger partial charge in [-0.25, -0.2) is 4.79 Å². The van der Waals surface area contributed by atoms with Crippen molar-refractivity contribution < 1.29 is 27.5 Å². The monoisotopic (exact) mass is 348 g/mol. The lowest BCUT2D eigenvalue weighted by molar-refractivity contribution is -0.146. The van der Waals surface area contributed by atoms with Crippen molar-refractivity contribution in [3.63, 3.8) is 0 Å². The minimum atomic E-state index is -4.63. The number of methoxy groups -OCH3 is 1. The van der Waals surface area contributed by atoms with Crippen LogP contribution in [0.5, 0.6) is 0 Å². The molecule has 1 N–H and O–H groups in total. The summed E-state index contributed by atoms with van der Waals surface area (Å²) in [4.78, 5) is 35.3. The van der Waals surface area contributed by atoms with Crippen LogP contribution in [-0.4, -0.2) is 29.6 Å². The quantitative estimate of drug-likeness (QED) is 0.792. The third-order valence-corrected chi connectivity index (χ3v) is 3.61. The van der Waals surface area contributed by atoms with E-state index in [0.717, 1.165) is 6.07 Å². The molecule has 24 heavy (non-hydrogen) atoms. The van der Waals surface area contributed by atoms with Crippen LogP contribution in [0.2, 0.25) is 0 Å². The van der Waals surface area contributed by atoms with Gasteiger partial charge in [-0.1, -0.05) is 20.3 Å². The van der Waals surface area contributed by atoms with Gasteiger partial charge in [0.2, 0.25) is 5.91 Å². The maximum absolute atomic E-state index is 12.7. The van der Waals surface area contributed by atoms with Crippen LogP contribution >= 0.6 is 0 Å². The molecule has 0 spiro atoms. The molecule has 2 atom stereocenters. The smallest absolute Gasteiger partial charge is 0.417 e. The number of esters is 1. The van der Waals surface area contributed by atoms with Crippen LogP contribution in [0.3, 0.4) is 0 Å². The second kappa shape index (κ2) is 7.98. The number of ether oxygens (including phenoxy) is 1. The van der Waals surface area contributed by atoms with Gasteiger partial charge in [0.1, 0.15) is 12.6 Å². The standard InChI is InChI=1S/C15H19F3N2O4/c1-4-9(2)13(14(23)24-3)19-11(21)8-20-7-10(15(16,17)18)5-6-12(20)22/h5-7,9,13H,4,8H2,1-3H3,(H,19,21)/t9-,13+/m0/s1. The number of aromatic nitrogens is 1. The molecular formula is C15H19F3N2O4. The molecule has 134 valence electrons. The lowest BCUT2D eigenvalue weighted by atomic mass is 9.99. The van der Waals surface area contributed by atoms with Crippen molar-refractivity contribution in [3.05, 3.63) is 34.2 Å². The lowest BCUT2D eigenvalue weighted by Crippen LogP contribution is -2.47. The summed E-state index contributed by atoms with van der Waals surface area (Å²) in [5.41, 5.74) is -1.79. The number of carbonyl (C=O) groups is 2. The predicted octanol–water partition coefficient (Wildman–Crippen LogP) is 1.57. The van der Waals surface area contributed by atoms with Gasteiger partial charge in [0, 0.05) is 12.3 Å². The summed E-state index contributed by atoms with van der Waals surface area (Å²) in [5.74, 6) is -1.65. The lowest BCUT2D eigenvalue weighted by Gasteiger charge is -2.22. The minimum Gasteiger partial charge on any atom is -0.467 e. The number of nitrogens with zero attached hydrogens (tertiary/aromatic N) is 1. The van der Waals surface area contributed by atoms with Crippen LogP contribution in [0.4, 0.5) is 13.2 Å². The fraction of sp³-hybridized carbons (Fsp3) is 0.533. The Hall–Kier alpha value is -2.32. The molecule has 0 bridgehead atoms. The molecule has 1 amide bonds. The third kappa shape index (κ3) is 5.10. The summed E-state index contributed by atoms with van der Waals surface area (Å²) in [6.45, 7) is 2.90. The fourth-order valence-electron chi connectivity index (χ4n) is 1.99. The number of alkyl halides is 3. The second-order valence-electron chi connectivity index (χ2n) is 5.34. The van der Waals surface area contributed by atoms with E-state index in [-0.39, 0.29) is 5.92 Å². The topological polar surface area (TPSA) is 77.4 Å². The van der Waals surface area contributed by atoms with E-state index < -0.39 is 41.8 Å². The zero-order valence-corrected chi connectivity index (χ0v) is 13.5. The Bertz CT molecular complexity index is 655. The first-order chi connectivity index (χ1) is 11.1. The molecule has 0 saturated carbocycles. The molecule has 1 heterocycles. The van der Waals surface area contributed by atoms with E-state index in [1.165, 1.54) is 7.11 Å². The summed E-state index contributed by atoms with van der Waals surface area (Å²) in [6.07, 6.45) is -3.49. The Morgan fingerprint density at radius 1 is 1.33 bits per heavy atom. The molecule has 0 unspecified atom stereocenters. The van der Waals surface area contributed by atoms with Gasteiger partial charge in [-0.15, -0.1) is 0 Å². The van der Waals surface area contributed by atoms with Gasteiger partial charge in [-0.05, 0) is 12.0 Å². The average Bonchev–Trinajstić information content (AvgIpc) is 2.52. The van der Waals surface area contributed by atoms with Gasteiger partial charge < -0.3 is 14.6 Å². The Morgan fingerprint density at radius 3 is 2.46 bits per heavy atom. The van der Waals surface area contributed by atoms with E-state index in [9.17, 15) is 27.6 Å². The Balaban J connectivity index is 2.94. The molecule has 6 nitrogen and oxygen atoms in total. The first kappa shape index (κ1) is 19.7. The van der Waals surface area contributed by atoms with Gasteiger partial charge in [0.25, 0.3) is 5.56 Å². The number of carbonyl (C=O) groups excluding carboxylic acids is 2. The Kier molecular flexibility index (Phi) is 6.56. The average molecular weight is 348 g/mol. The van der Waals surface area contributed by atoms with Gasteiger partial charge in [-0.3, -0.25) is 9.59 Å². The summed E-state index contributed by atoms with van der Waals surface area (Å²) < 4.78 is 43.3. The second-order valence-corrected chi connectivity index (χ2v) is 5.34. The predicted molar refractivity (Wildman–Crippen MR) is 79.1 cm³/mol. The molecule has 9 heteroatoms. The fourth-order valence-corrected chi connectivity index (χ4v) is 1.99. The molecule has 1 aromatic heterocycles. The number of pyridine rings is 1. The van der Waals surface area contributed by atoms with Crippen LogP contribution in [0.1, 0.15) is 25.8 Å². The summed E-state index contributed by atoms with van der Waals surface area (Å²) >= 11 is 0. The van der Waals surface area contributed by atoms with E-state index >= 15 is 0 Å². The summed E-state index contributed by atoms with van der Waals surface area (Å²) in [6, 6.07) is 0.449. The molecule has 1 aromatic rings. The van der Waals surface area contributed by atoms with Crippen LogP contribution in [0, 0.1) is 5.92 Å². The zero-order chi connectivity index (χ0) is 18.5. The number of halogens is 3. The minimum absolute atomic E-state index is 0.236. The molecule has 0 aromatic carbocycles. The van der Waals surface area contributed by atoms with Gasteiger partial charge in [0.15, 0.2) is 0 Å². The summed E-state index contributed by atoms with van der Waals surface area (Å²) in [5, 5.41) is 2.40. The molecule has 0 aliphatic rings. The van der Waals surface area contributed by atoms with Gasteiger partial charge in [-0.2, -0.15) is 13.2 Å². The highest BCUT2D eigenvalue weighted by molar-refractivity contribution is 5.84. The maximum atomic E-state index is 12.7. The normalized spacial score (nSPS) is 13.9.